The summed E-state index contributed by atoms with van der Waals surface area (Å²) in [6.07, 6.45) is 0. The standard InChI is InChI=1S/C24H18Cl2N4O3/c1-13(28-32)15-10-16(14(2)29-33)12-17(11-15)22-18-6-3-4-7-19(18)24(31)30(27-22)23-20(25)8-5-9-21(23)26/h3-12,32-33H,1-2H3. The fourth-order valence-electron chi connectivity index (χ4n) is 3.54. The summed E-state index contributed by atoms with van der Waals surface area (Å²) in [4.78, 5) is 13.3. The molecule has 0 aliphatic carbocycles. The Morgan fingerprint density at radius 2 is 1.39 bits per heavy atom. The molecule has 1 aromatic heterocycles. The molecule has 0 spiro atoms. The zero-order chi connectivity index (χ0) is 23.7. The van der Waals surface area contributed by atoms with Crippen LogP contribution in [0.25, 0.3) is 27.7 Å². The lowest BCUT2D eigenvalue weighted by atomic mass is 9.97. The summed E-state index contributed by atoms with van der Waals surface area (Å²) in [6, 6.07) is 17.3. The van der Waals surface area contributed by atoms with Crippen LogP contribution in [0.15, 0.2) is 75.8 Å². The van der Waals surface area contributed by atoms with Crippen LogP contribution in [0.2, 0.25) is 10.0 Å². The molecular weight excluding hydrogens is 463 g/mol. The van der Waals surface area contributed by atoms with Gasteiger partial charge in [-0.05, 0) is 50.2 Å². The van der Waals surface area contributed by atoms with Crippen LogP contribution in [-0.2, 0) is 0 Å². The van der Waals surface area contributed by atoms with Crippen molar-refractivity contribution in [2.24, 2.45) is 10.3 Å². The van der Waals surface area contributed by atoms with Gasteiger partial charge in [0.25, 0.3) is 5.56 Å². The van der Waals surface area contributed by atoms with Crippen molar-refractivity contribution in [1.29, 1.82) is 0 Å². The van der Waals surface area contributed by atoms with Crippen LogP contribution in [0.5, 0.6) is 0 Å². The van der Waals surface area contributed by atoms with E-state index in [-0.39, 0.29) is 21.3 Å². The molecule has 0 saturated heterocycles. The Labute approximate surface area is 198 Å². The molecule has 3 aromatic carbocycles. The molecule has 166 valence electrons. The summed E-state index contributed by atoms with van der Waals surface area (Å²) in [7, 11) is 0. The van der Waals surface area contributed by atoms with E-state index in [1.807, 2.05) is 6.07 Å². The highest BCUT2D eigenvalue weighted by molar-refractivity contribution is 6.37. The zero-order valence-corrected chi connectivity index (χ0v) is 19.1. The first-order valence-corrected chi connectivity index (χ1v) is 10.6. The fraction of sp³-hybridized carbons (Fsp3) is 0.0833. The molecule has 0 radical (unpaired) electrons. The second-order valence-electron chi connectivity index (χ2n) is 7.35. The quantitative estimate of drug-likeness (QED) is 0.220. The lowest BCUT2D eigenvalue weighted by Gasteiger charge is -2.15. The van der Waals surface area contributed by atoms with Crippen molar-refractivity contribution in [3.63, 3.8) is 0 Å². The Morgan fingerprint density at radius 3 is 1.94 bits per heavy atom. The maximum atomic E-state index is 13.3. The monoisotopic (exact) mass is 480 g/mol. The van der Waals surface area contributed by atoms with E-state index >= 15 is 0 Å². The van der Waals surface area contributed by atoms with Crippen LogP contribution in [0.4, 0.5) is 0 Å². The highest BCUT2D eigenvalue weighted by Gasteiger charge is 2.18. The molecule has 1 heterocycles. The number of aromatic nitrogens is 2. The summed E-state index contributed by atoms with van der Waals surface area (Å²) < 4.78 is 1.19. The van der Waals surface area contributed by atoms with Crippen molar-refractivity contribution >= 4 is 45.4 Å². The lowest BCUT2D eigenvalue weighted by Crippen LogP contribution is -2.23. The largest absolute Gasteiger partial charge is 0.411 e. The topological polar surface area (TPSA) is 100 Å². The molecule has 0 amide bonds. The molecule has 0 atom stereocenters. The molecule has 0 saturated carbocycles. The number of benzene rings is 3. The minimum Gasteiger partial charge on any atom is -0.411 e. The lowest BCUT2D eigenvalue weighted by molar-refractivity contribution is 0.319. The number of halogens is 2. The van der Waals surface area contributed by atoms with Crippen LogP contribution >= 0.6 is 23.2 Å². The number of hydrogen-bond donors (Lipinski definition) is 2. The maximum absolute atomic E-state index is 13.3. The van der Waals surface area contributed by atoms with Gasteiger partial charge in [-0.2, -0.15) is 9.78 Å². The maximum Gasteiger partial charge on any atom is 0.279 e. The van der Waals surface area contributed by atoms with Gasteiger partial charge in [-0.1, -0.05) is 57.8 Å². The number of nitrogens with zero attached hydrogens (tertiary/aromatic N) is 4. The third kappa shape index (κ3) is 4.08. The number of rotatable bonds is 4. The van der Waals surface area contributed by atoms with E-state index in [2.05, 4.69) is 15.4 Å². The highest BCUT2D eigenvalue weighted by Crippen LogP contribution is 2.31. The van der Waals surface area contributed by atoms with E-state index in [0.717, 1.165) is 0 Å². The Bertz CT molecular complexity index is 1450. The molecular formula is C24H18Cl2N4O3. The van der Waals surface area contributed by atoms with Crippen molar-refractivity contribution in [2.45, 2.75) is 13.8 Å². The van der Waals surface area contributed by atoms with Crippen molar-refractivity contribution in [3.05, 3.63) is 92.2 Å². The van der Waals surface area contributed by atoms with Gasteiger partial charge in [-0.15, -0.1) is 0 Å². The third-order valence-electron chi connectivity index (χ3n) is 5.30. The third-order valence-corrected chi connectivity index (χ3v) is 5.91. The average molecular weight is 481 g/mol. The van der Waals surface area contributed by atoms with Crippen LogP contribution < -0.4 is 5.56 Å². The Kier molecular flexibility index (Phi) is 6.18. The summed E-state index contributed by atoms with van der Waals surface area (Å²) in [6.45, 7) is 3.29. The summed E-state index contributed by atoms with van der Waals surface area (Å²) >= 11 is 12.8. The SMILES string of the molecule is CC(=NO)c1cc(C(C)=NO)cc(-c2nn(-c3c(Cl)cccc3Cl)c(=O)c3ccccc23)c1. The second kappa shape index (κ2) is 9.05. The fourth-order valence-corrected chi connectivity index (χ4v) is 4.10. The number of oxime groups is 2. The van der Waals surface area contributed by atoms with E-state index < -0.39 is 0 Å². The zero-order valence-electron chi connectivity index (χ0n) is 17.6. The molecule has 9 heteroatoms. The minimum atomic E-state index is -0.373. The van der Waals surface area contributed by atoms with Crippen molar-refractivity contribution in [2.75, 3.05) is 0 Å². The van der Waals surface area contributed by atoms with Gasteiger partial charge >= 0.3 is 0 Å². The first-order chi connectivity index (χ1) is 15.8. The Hall–Kier alpha value is -3.68. The van der Waals surface area contributed by atoms with Gasteiger partial charge in [-0.3, -0.25) is 4.79 Å². The van der Waals surface area contributed by atoms with Gasteiger partial charge in [0.1, 0.15) is 5.69 Å². The molecule has 2 N–H and O–H groups in total. The first kappa shape index (κ1) is 22.5. The summed E-state index contributed by atoms with van der Waals surface area (Å²) in [5.41, 5.74) is 2.88. The molecule has 7 nitrogen and oxygen atoms in total. The van der Waals surface area contributed by atoms with Crippen LogP contribution in [0.3, 0.4) is 0 Å². The van der Waals surface area contributed by atoms with Crippen LogP contribution in [-0.4, -0.2) is 31.6 Å². The molecule has 0 fully saturated rings. The van der Waals surface area contributed by atoms with Crippen molar-refractivity contribution in [1.82, 2.24) is 9.78 Å². The molecule has 0 unspecified atom stereocenters. The van der Waals surface area contributed by atoms with Gasteiger partial charge in [0.2, 0.25) is 0 Å². The predicted molar refractivity (Wildman–Crippen MR) is 131 cm³/mol. The van der Waals surface area contributed by atoms with Gasteiger partial charge < -0.3 is 10.4 Å². The minimum absolute atomic E-state index is 0.274. The molecule has 4 aromatic rings. The number of para-hydroxylation sites is 1. The van der Waals surface area contributed by atoms with E-state index in [1.165, 1.54) is 4.68 Å². The van der Waals surface area contributed by atoms with Crippen molar-refractivity contribution in [3.8, 4) is 16.9 Å². The molecule has 0 aliphatic rings. The number of hydrogen-bond acceptors (Lipinski definition) is 6. The summed E-state index contributed by atoms with van der Waals surface area (Å²) in [5, 5.41) is 31.4. The van der Waals surface area contributed by atoms with Gasteiger partial charge in [0, 0.05) is 22.1 Å². The second-order valence-corrected chi connectivity index (χ2v) is 8.17. The normalized spacial score (nSPS) is 12.4. The van der Waals surface area contributed by atoms with E-state index in [4.69, 9.17) is 23.2 Å². The Balaban J connectivity index is 2.13. The van der Waals surface area contributed by atoms with Crippen molar-refractivity contribution < 1.29 is 10.4 Å². The molecule has 0 bridgehead atoms. The summed E-state index contributed by atoms with van der Waals surface area (Å²) in [5.74, 6) is 0. The number of fused-ring (bicyclic) bond motifs is 1. The van der Waals surface area contributed by atoms with E-state index in [0.29, 0.717) is 44.6 Å². The van der Waals surface area contributed by atoms with E-state index in [1.54, 1.807) is 68.4 Å². The van der Waals surface area contributed by atoms with Crippen LogP contribution in [0.1, 0.15) is 25.0 Å². The first-order valence-electron chi connectivity index (χ1n) is 9.85. The van der Waals surface area contributed by atoms with E-state index in [9.17, 15) is 15.2 Å². The molecule has 4 rings (SSSR count). The highest BCUT2D eigenvalue weighted by atomic mass is 35.5. The Morgan fingerprint density at radius 1 is 0.848 bits per heavy atom. The predicted octanol–water partition coefficient (Wildman–Crippen LogP) is 5.76. The van der Waals surface area contributed by atoms with Crippen LogP contribution in [0, 0.1) is 0 Å². The molecule has 33 heavy (non-hydrogen) atoms. The molecule has 0 aliphatic heterocycles. The van der Waals surface area contributed by atoms with Gasteiger partial charge in [-0.25, -0.2) is 0 Å². The smallest absolute Gasteiger partial charge is 0.279 e. The van der Waals surface area contributed by atoms with Gasteiger partial charge in [0.15, 0.2) is 0 Å². The van der Waals surface area contributed by atoms with Gasteiger partial charge in [0.05, 0.1) is 32.5 Å². The average Bonchev–Trinajstić information content (AvgIpc) is 2.84.